The van der Waals surface area contributed by atoms with E-state index < -0.39 is 0 Å². The second-order valence-corrected chi connectivity index (χ2v) is 8.52. The number of piperidine rings is 1. The van der Waals surface area contributed by atoms with Gasteiger partial charge in [-0.2, -0.15) is 19.6 Å². The minimum absolute atomic E-state index is 0.509. The monoisotopic (exact) mass is 421 g/mol. The van der Waals surface area contributed by atoms with Crippen LogP contribution in [0.3, 0.4) is 0 Å². The molecule has 0 radical (unpaired) electrons. The topological polar surface area (TPSA) is 99.1 Å². The van der Waals surface area contributed by atoms with Gasteiger partial charge in [-0.25, -0.2) is 4.98 Å². The van der Waals surface area contributed by atoms with Crippen molar-refractivity contribution >= 4 is 41.2 Å². The number of rotatable bonds is 4. The van der Waals surface area contributed by atoms with Crippen LogP contribution >= 0.6 is 12.6 Å². The van der Waals surface area contributed by atoms with Crippen LogP contribution < -0.4 is 15.5 Å². The van der Waals surface area contributed by atoms with E-state index in [0.29, 0.717) is 30.1 Å². The van der Waals surface area contributed by atoms with Crippen molar-refractivity contribution in [3.63, 3.8) is 0 Å². The van der Waals surface area contributed by atoms with E-state index in [1.807, 2.05) is 24.3 Å². The minimum Gasteiger partial charge on any atom is -0.347 e. The maximum atomic E-state index is 4.82. The summed E-state index contributed by atoms with van der Waals surface area (Å²) in [5.74, 6) is 2.87. The van der Waals surface area contributed by atoms with Crippen LogP contribution in [-0.4, -0.2) is 55.2 Å². The zero-order valence-electron chi connectivity index (χ0n) is 16.4. The lowest BCUT2D eigenvalue weighted by molar-refractivity contribution is 0.340. The average molecular weight is 422 g/mol. The molecule has 2 aliphatic heterocycles. The van der Waals surface area contributed by atoms with E-state index in [9.17, 15) is 0 Å². The third-order valence-electron chi connectivity index (χ3n) is 6.07. The third kappa shape index (κ3) is 3.07. The molecule has 10 heteroatoms. The lowest BCUT2D eigenvalue weighted by Crippen LogP contribution is -2.40. The Morgan fingerprint density at radius 1 is 1.17 bits per heavy atom. The van der Waals surface area contributed by atoms with Gasteiger partial charge < -0.3 is 20.5 Å². The number of aromatic amines is 1. The molecule has 2 atom stereocenters. The maximum Gasteiger partial charge on any atom is 0.230 e. The van der Waals surface area contributed by atoms with Crippen molar-refractivity contribution in [1.82, 2.24) is 34.9 Å². The first-order valence-electron chi connectivity index (χ1n) is 10.4. The SMILES string of the molecule is Sc1cnn2c(NCc3nc4ccccc4[nH]3)nc(N3CC4CCCNC4C3)nc12. The van der Waals surface area contributed by atoms with Gasteiger partial charge in [0.25, 0.3) is 0 Å². The number of para-hydroxylation sites is 2. The fourth-order valence-electron chi connectivity index (χ4n) is 4.57. The highest BCUT2D eigenvalue weighted by atomic mass is 32.1. The Hall–Kier alpha value is -2.85. The Morgan fingerprint density at radius 3 is 3.00 bits per heavy atom. The quantitative estimate of drug-likeness (QED) is 0.375. The van der Waals surface area contributed by atoms with Crippen LogP contribution in [0.4, 0.5) is 11.9 Å². The molecule has 0 saturated carbocycles. The first-order valence-corrected chi connectivity index (χ1v) is 10.8. The molecule has 2 unspecified atom stereocenters. The second kappa shape index (κ2) is 7.13. The van der Waals surface area contributed by atoms with Crippen LogP contribution in [-0.2, 0) is 6.54 Å². The number of imidazole rings is 1. The summed E-state index contributed by atoms with van der Waals surface area (Å²) in [7, 11) is 0. The average Bonchev–Trinajstić information content (AvgIpc) is 3.48. The smallest absolute Gasteiger partial charge is 0.230 e. The predicted molar refractivity (Wildman–Crippen MR) is 118 cm³/mol. The van der Waals surface area contributed by atoms with Crippen LogP contribution in [0.1, 0.15) is 18.7 Å². The fraction of sp³-hybridized carbons (Fsp3) is 0.400. The van der Waals surface area contributed by atoms with Crippen molar-refractivity contribution in [2.24, 2.45) is 5.92 Å². The molecular formula is C20H23N9S. The first-order chi connectivity index (χ1) is 14.7. The maximum absolute atomic E-state index is 4.82. The summed E-state index contributed by atoms with van der Waals surface area (Å²) >= 11 is 4.54. The van der Waals surface area contributed by atoms with Crippen LogP contribution in [0.15, 0.2) is 35.4 Å². The number of nitrogens with one attached hydrogen (secondary N) is 3. The summed E-state index contributed by atoms with van der Waals surface area (Å²) in [5, 5.41) is 11.4. The Balaban J connectivity index is 1.31. The zero-order chi connectivity index (χ0) is 20.1. The molecule has 3 N–H and O–H groups in total. The molecule has 3 aromatic heterocycles. The van der Waals surface area contributed by atoms with Crippen molar-refractivity contribution in [3.8, 4) is 0 Å². The molecule has 5 heterocycles. The van der Waals surface area contributed by atoms with E-state index in [0.717, 1.165) is 47.3 Å². The second-order valence-electron chi connectivity index (χ2n) is 8.03. The Labute approximate surface area is 178 Å². The number of fused-ring (bicyclic) bond motifs is 3. The fourth-order valence-corrected chi connectivity index (χ4v) is 4.77. The number of anilines is 2. The summed E-state index contributed by atoms with van der Waals surface area (Å²) in [6.45, 7) is 3.52. The largest absolute Gasteiger partial charge is 0.347 e. The number of H-pyrrole nitrogens is 1. The van der Waals surface area contributed by atoms with Gasteiger partial charge in [-0.15, -0.1) is 12.6 Å². The number of aromatic nitrogens is 6. The van der Waals surface area contributed by atoms with Gasteiger partial charge in [0, 0.05) is 19.1 Å². The van der Waals surface area contributed by atoms with E-state index in [2.05, 4.69) is 43.2 Å². The molecule has 2 saturated heterocycles. The Bertz CT molecular complexity index is 1170. The first kappa shape index (κ1) is 18.0. The van der Waals surface area contributed by atoms with Gasteiger partial charge >= 0.3 is 0 Å². The van der Waals surface area contributed by atoms with E-state index >= 15 is 0 Å². The highest BCUT2D eigenvalue weighted by Gasteiger charge is 2.35. The highest BCUT2D eigenvalue weighted by Crippen LogP contribution is 2.29. The van der Waals surface area contributed by atoms with Crippen molar-refractivity contribution in [2.75, 3.05) is 29.9 Å². The van der Waals surface area contributed by atoms with Crippen molar-refractivity contribution in [1.29, 1.82) is 0 Å². The van der Waals surface area contributed by atoms with Crippen LogP contribution in [0.2, 0.25) is 0 Å². The van der Waals surface area contributed by atoms with E-state index in [-0.39, 0.29) is 0 Å². The summed E-state index contributed by atoms with van der Waals surface area (Å²) in [6.07, 6.45) is 4.20. The number of hydrogen-bond acceptors (Lipinski definition) is 8. The van der Waals surface area contributed by atoms with E-state index in [1.54, 1.807) is 10.7 Å². The van der Waals surface area contributed by atoms with Gasteiger partial charge in [0.1, 0.15) is 5.82 Å². The van der Waals surface area contributed by atoms with E-state index in [4.69, 9.17) is 9.97 Å². The van der Waals surface area contributed by atoms with Crippen molar-refractivity contribution in [3.05, 3.63) is 36.3 Å². The molecule has 154 valence electrons. The molecule has 1 aromatic carbocycles. The molecule has 9 nitrogen and oxygen atoms in total. The molecule has 2 fully saturated rings. The van der Waals surface area contributed by atoms with Gasteiger partial charge in [0.2, 0.25) is 11.9 Å². The molecule has 6 rings (SSSR count). The van der Waals surface area contributed by atoms with Crippen LogP contribution in [0.5, 0.6) is 0 Å². The third-order valence-corrected chi connectivity index (χ3v) is 6.39. The highest BCUT2D eigenvalue weighted by molar-refractivity contribution is 7.80. The minimum atomic E-state index is 0.509. The summed E-state index contributed by atoms with van der Waals surface area (Å²) in [5.41, 5.74) is 2.68. The normalized spacial score (nSPS) is 21.4. The summed E-state index contributed by atoms with van der Waals surface area (Å²) in [6, 6.07) is 8.53. The van der Waals surface area contributed by atoms with Gasteiger partial charge in [0.05, 0.1) is 28.7 Å². The van der Waals surface area contributed by atoms with Gasteiger partial charge in [-0.05, 0) is 37.4 Å². The Morgan fingerprint density at radius 2 is 2.10 bits per heavy atom. The molecule has 0 bridgehead atoms. The molecular weight excluding hydrogens is 398 g/mol. The summed E-state index contributed by atoms with van der Waals surface area (Å²) < 4.78 is 1.70. The molecule has 30 heavy (non-hydrogen) atoms. The number of thiol groups is 1. The number of benzene rings is 1. The molecule has 2 aliphatic rings. The lowest BCUT2D eigenvalue weighted by atomic mass is 9.94. The number of hydrogen-bond donors (Lipinski definition) is 4. The number of nitrogens with zero attached hydrogens (tertiary/aromatic N) is 6. The summed E-state index contributed by atoms with van der Waals surface area (Å²) in [4.78, 5) is 20.6. The van der Waals surface area contributed by atoms with E-state index in [1.165, 1.54) is 12.8 Å². The van der Waals surface area contributed by atoms with Crippen molar-refractivity contribution < 1.29 is 0 Å². The van der Waals surface area contributed by atoms with Crippen molar-refractivity contribution in [2.45, 2.75) is 30.3 Å². The van der Waals surface area contributed by atoms with Gasteiger partial charge in [-0.3, -0.25) is 0 Å². The Kier molecular flexibility index (Phi) is 4.27. The molecule has 4 aromatic rings. The predicted octanol–water partition coefficient (Wildman–Crippen LogP) is 2.09. The molecule has 0 spiro atoms. The van der Waals surface area contributed by atoms with Crippen LogP contribution in [0.25, 0.3) is 16.7 Å². The molecule has 0 aliphatic carbocycles. The van der Waals surface area contributed by atoms with Gasteiger partial charge in [-0.1, -0.05) is 12.1 Å². The standard InChI is InChI=1S/C20H23N9S/c30-16-8-23-29-18(16)26-20(28-10-12-4-3-7-21-15(12)11-28)27-19(29)22-9-17-24-13-5-1-2-6-14(13)25-17/h1-2,5-6,8,12,15,21,30H,3-4,7,9-11H2,(H,24,25)(H,22,26,27). The van der Waals surface area contributed by atoms with Gasteiger partial charge in [0.15, 0.2) is 5.65 Å². The zero-order valence-corrected chi connectivity index (χ0v) is 17.3. The molecule has 0 amide bonds. The van der Waals surface area contributed by atoms with Crippen LogP contribution in [0, 0.1) is 5.92 Å². The lowest BCUT2D eigenvalue weighted by Gasteiger charge is -2.24.